The van der Waals surface area contributed by atoms with Gasteiger partial charge in [-0.25, -0.2) is 0 Å². The topological polar surface area (TPSA) is 63.3 Å². The summed E-state index contributed by atoms with van der Waals surface area (Å²) in [5, 5.41) is 8.58. The van der Waals surface area contributed by atoms with Crippen LogP contribution in [0.25, 0.3) is 0 Å². The SMILES string of the molecule is Cl.N[C@H](C(=O)O)C12CC(C1)C2. The highest BCUT2D eigenvalue weighted by atomic mass is 35.5. The van der Waals surface area contributed by atoms with Crippen LogP contribution in [0.1, 0.15) is 19.3 Å². The van der Waals surface area contributed by atoms with E-state index in [4.69, 9.17) is 10.8 Å². The van der Waals surface area contributed by atoms with Crippen LogP contribution in [-0.2, 0) is 4.79 Å². The van der Waals surface area contributed by atoms with Gasteiger partial charge < -0.3 is 10.8 Å². The third kappa shape index (κ3) is 0.948. The van der Waals surface area contributed by atoms with Crippen LogP contribution < -0.4 is 5.73 Å². The lowest BCUT2D eigenvalue weighted by molar-refractivity contribution is -0.165. The smallest absolute Gasteiger partial charge is 0.321 e. The third-order valence-electron chi connectivity index (χ3n) is 3.01. The lowest BCUT2D eigenvalue weighted by atomic mass is 9.42. The molecule has 1 atom stereocenters. The van der Waals surface area contributed by atoms with Crippen molar-refractivity contribution in [3.63, 3.8) is 0 Å². The minimum absolute atomic E-state index is 0. The molecule has 11 heavy (non-hydrogen) atoms. The van der Waals surface area contributed by atoms with Crippen LogP contribution in [0.3, 0.4) is 0 Å². The quantitative estimate of drug-likeness (QED) is 0.650. The highest BCUT2D eigenvalue weighted by molar-refractivity contribution is 5.85. The van der Waals surface area contributed by atoms with Crippen LogP contribution in [0.15, 0.2) is 0 Å². The Morgan fingerprint density at radius 2 is 2.00 bits per heavy atom. The Labute approximate surface area is 71.4 Å². The first-order valence-corrected chi connectivity index (χ1v) is 3.62. The maximum absolute atomic E-state index is 10.4. The molecular weight excluding hydrogens is 166 g/mol. The summed E-state index contributed by atoms with van der Waals surface area (Å²) in [6, 6.07) is -0.600. The van der Waals surface area contributed by atoms with Crippen molar-refractivity contribution in [2.75, 3.05) is 0 Å². The molecule has 3 aliphatic rings. The summed E-state index contributed by atoms with van der Waals surface area (Å²) in [4.78, 5) is 10.4. The molecule has 2 bridgehead atoms. The van der Waals surface area contributed by atoms with E-state index in [0.717, 1.165) is 25.2 Å². The predicted octanol–water partition coefficient (Wildman–Crippen LogP) is 0.620. The number of hydrogen-bond acceptors (Lipinski definition) is 2. The molecule has 0 aromatic heterocycles. The Hall–Kier alpha value is -0.280. The molecule has 3 fully saturated rings. The number of carboxylic acid groups (broad SMARTS) is 1. The van der Waals surface area contributed by atoms with Gasteiger partial charge in [-0.1, -0.05) is 0 Å². The van der Waals surface area contributed by atoms with E-state index in [1.807, 2.05) is 0 Å². The zero-order chi connectivity index (χ0) is 7.35. The van der Waals surface area contributed by atoms with Crippen LogP contribution in [-0.4, -0.2) is 17.1 Å². The molecule has 0 amide bonds. The van der Waals surface area contributed by atoms with E-state index < -0.39 is 12.0 Å². The molecule has 0 radical (unpaired) electrons. The summed E-state index contributed by atoms with van der Waals surface area (Å²) in [5.74, 6) is -0.0245. The van der Waals surface area contributed by atoms with E-state index in [2.05, 4.69) is 0 Å². The van der Waals surface area contributed by atoms with Gasteiger partial charge in [-0.2, -0.15) is 0 Å². The molecule has 0 heterocycles. The first kappa shape index (κ1) is 8.81. The van der Waals surface area contributed by atoms with Gasteiger partial charge in [-0.15, -0.1) is 12.4 Å². The summed E-state index contributed by atoms with van der Waals surface area (Å²) < 4.78 is 0. The molecule has 3 aliphatic carbocycles. The fourth-order valence-corrected chi connectivity index (χ4v) is 2.19. The van der Waals surface area contributed by atoms with Crippen LogP contribution in [0.5, 0.6) is 0 Å². The monoisotopic (exact) mass is 177 g/mol. The predicted molar refractivity (Wildman–Crippen MR) is 42.6 cm³/mol. The average molecular weight is 178 g/mol. The summed E-state index contributed by atoms with van der Waals surface area (Å²) >= 11 is 0. The zero-order valence-electron chi connectivity index (χ0n) is 6.12. The molecule has 3 saturated carbocycles. The zero-order valence-corrected chi connectivity index (χ0v) is 6.93. The highest BCUT2D eigenvalue weighted by Gasteiger charge is 2.61. The van der Waals surface area contributed by atoms with Crippen molar-refractivity contribution >= 4 is 18.4 Å². The standard InChI is InChI=1S/C7H11NO2.ClH/c8-5(6(9)10)7-1-4(2-7)3-7;/h4-5H,1-3,8H2,(H,9,10);1H/t4?,5-,7?;/m1./s1. The molecule has 3 N–H and O–H groups in total. The number of aliphatic carboxylic acids is 1. The molecule has 0 unspecified atom stereocenters. The highest BCUT2D eigenvalue weighted by Crippen LogP contribution is 2.65. The van der Waals surface area contributed by atoms with Crippen molar-refractivity contribution in [1.29, 1.82) is 0 Å². The molecule has 64 valence electrons. The fourth-order valence-electron chi connectivity index (χ4n) is 2.19. The largest absolute Gasteiger partial charge is 0.480 e. The van der Waals surface area contributed by atoms with E-state index in [-0.39, 0.29) is 17.8 Å². The first-order chi connectivity index (χ1) is 4.64. The van der Waals surface area contributed by atoms with Gasteiger partial charge in [0.15, 0.2) is 0 Å². The summed E-state index contributed by atoms with van der Waals surface area (Å²) in [6.45, 7) is 0. The number of rotatable bonds is 2. The van der Waals surface area contributed by atoms with Crippen LogP contribution in [0, 0.1) is 11.3 Å². The van der Waals surface area contributed by atoms with Crippen molar-refractivity contribution in [2.24, 2.45) is 17.1 Å². The molecule has 0 spiro atoms. The Morgan fingerprint density at radius 3 is 2.09 bits per heavy atom. The third-order valence-corrected chi connectivity index (χ3v) is 3.01. The fraction of sp³-hybridized carbons (Fsp3) is 0.857. The Kier molecular flexibility index (Phi) is 1.89. The number of carboxylic acids is 1. The van der Waals surface area contributed by atoms with Crippen molar-refractivity contribution in [3.05, 3.63) is 0 Å². The van der Waals surface area contributed by atoms with Crippen molar-refractivity contribution < 1.29 is 9.90 Å². The van der Waals surface area contributed by atoms with E-state index in [1.165, 1.54) is 0 Å². The maximum Gasteiger partial charge on any atom is 0.321 e. The summed E-state index contributed by atoms with van der Waals surface area (Å²) in [7, 11) is 0. The van der Waals surface area contributed by atoms with Gasteiger partial charge in [0.05, 0.1) is 0 Å². The van der Waals surface area contributed by atoms with E-state index in [9.17, 15) is 4.79 Å². The maximum atomic E-state index is 10.4. The van der Waals surface area contributed by atoms with Gasteiger partial charge in [-0.05, 0) is 30.6 Å². The van der Waals surface area contributed by atoms with Gasteiger partial charge >= 0.3 is 5.97 Å². The second-order valence-electron chi connectivity index (χ2n) is 3.66. The van der Waals surface area contributed by atoms with Gasteiger partial charge in [0.1, 0.15) is 6.04 Å². The number of nitrogens with two attached hydrogens (primary N) is 1. The molecule has 3 nitrogen and oxygen atoms in total. The van der Waals surface area contributed by atoms with E-state index >= 15 is 0 Å². The van der Waals surface area contributed by atoms with Gasteiger partial charge in [0.2, 0.25) is 0 Å². The Bertz CT molecular complexity index is 178. The lowest BCUT2D eigenvalue weighted by Crippen LogP contribution is -2.63. The van der Waals surface area contributed by atoms with Gasteiger partial charge in [0.25, 0.3) is 0 Å². The van der Waals surface area contributed by atoms with Crippen molar-refractivity contribution in [2.45, 2.75) is 25.3 Å². The van der Waals surface area contributed by atoms with Crippen LogP contribution >= 0.6 is 12.4 Å². The normalized spacial score (nSPS) is 41.0. The Morgan fingerprint density at radius 1 is 1.55 bits per heavy atom. The van der Waals surface area contributed by atoms with E-state index in [1.54, 1.807) is 0 Å². The number of hydrogen-bond donors (Lipinski definition) is 2. The molecule has 3 rings (SSSR count). The molecule has 0 aliphatic heterocycles. The molecule has 0 saturated heterocycles. The van der Waals surface area contributed by atoms with Gasteiger partial charge in [0, 0.05) is 0 Å². The summed E-state index contributed by atoms with van der Waals surface area (Å²) in [6.07, 6.45) is 3.17. The minimum atomic E-state index is -0.835. The van der Waals surface area contributed by atoms with Crippen LogP contribution in [0.2, 0.25) is 0 Å². The molecule has 4 heteroatoms. The number of carbonyl (C=O) groups is 1. The van der Waals surface area contributed by atoms with Crippen molar-refractivity contribution in [3.8, 4) is 0 Å². The second-order valence-corrected chi connectivity index (χ2v) is 3.66. The van der Waals surface area contributed by atoms with E-state index in [0.29, 0.717) is 0 Å². The second kappa shape index (κ2) is 2.35. The molecule has 0 aromatic carbocycles. The first-order valence-electron chi connectivity index (χ1n) is 3.62. The minimum Gasteiger partial charge on any atom is -0.480 e. The average Bonchev–Trinajstić information content (AvgIpc) is 1.56. The van der Waals surface area contributed by atoms with Crippen molar-refractivity contribution in [1.82, 2.24) is 0 Å². The Balaban J connectivity index is 0.000000605. The van der Waals surface area contributed by atoms with Crippen LogP contribution in [0.4, 0.5) is 0 Å². The number of halogens is 1. The molecular formula is C7H12ClNO2. The van der Waals surface area contributed by atoms with Gasteiger partial charge in [-0.3, -0.25) is 4.79 Å². The summed E-state index contributed by atoms with van der Waals surface area (Å²) in [5.41, 5.74) is 5.52. The lowest BCUT2D eigenvalue weighted by Gasteiger charge is -2.63. The molecule has 0 aromatic rings.